The van der Waals surface area contributed by atoms with Gasteiger partial charge in [-0.2, -0.15) is 0 Å². The maximum absolute atomic E-state index is 13.8. The molecule has 0 radical (unpaired) electrons. The van der Waals surface area contributed by atoms with Gasteiger partial charge in [-0.15, -0.1) is 0 Å². The number of piperazine rings is 1. The summed E-state index contributed by atoms with van der Waals surface area (Å²) in [6.07, 6.45) is 3.77. The summed E-state index contributed by atoms with van der Waals surface area (Å²) in [4.78, 5) is 24.2. The number of hydrogen-bond acceptors (Lipinski definition) is 6. The lowest BCUT2D eigenvalue weighted by molar-refractivity contribution is 0.0946. The number of piperidine rings is 1. The van der Waals surface area contributed by atoms with E-state index < -0.39 is 0 Å². The molecule has 0 unspecified atom stereocenters. The van der Waals surface area contributed by atoms with E-state index in [0.29, 0.717) is 29.8 Å². The highest BCUT2D eigenvalue weighted by molar-refractivity contribution is 6.33. The average Bonchev–Trinajstić information content (AvgIpc) is 2.98. The quantitative estimate of drug-likeness (QED) is 0.340. The van der Waals surface area contributed by atoms with Gasteiger partial charge in [0.1, 0.15) is 24.0 Å². The summed E-state index contributed by atoms with van der Waals surface area (Å²) in [5.41, 5.74) is 1.39. The molecule has 7 nitrogen and oxygen atoms in total. The minimum absolute atomic E-state index is 0. The first-order chi connectivity index (χ1) is 19.5. The number of halogens is 3. The first-order valence-electron chi connectivity index (χ1n) is 13.7. The van der Waals surface area contributed by atoms with Crippen LogP contribution in [0.1, 0.15) is 30.2 Å². The fraction of sp³-hybridized carbons (Fsp3) is 0.400. The molecule has 5 rings (SSSR count). The van der Waals surface area contributed by atoms with Crippen molar-refractivity contribution in [2.75, 3.05) is 57.3 Å². The third-order valence-electron chi connectivity index (χ3n) is 7.56. The van der Waals surface area contributed by atoms with E-state index in [4.69, 9.17) is 27.9 Å². The predicted molar refractivity (Wildman–Crippen MR) is 159 cm³/mol. The third kappa shape index (κ3) is 7.43. The summed E-state index contributed by atoms with van der Waals surface area (Å²) in [5, 5.41) is 3.50. The second kappa shape index (κ2) is 13.6. The summed E-state index contributed by atoms with van der Waals surface area (Å²) in [6, 6.07) is 16.8. The summed E-state index contributed by atoms with van der Waals surface area (Å²) < 4.78 is 19.4. The lowest BCUT2D eigenvalue weighted by Gasteiger charge is -2.43. The number of carbonyl (C=O) groups is 1. The summed E-state index contributed by atoms with van der Waals surface area (Å²) in [6.45, 7) is 7.03. The first-order valence-corrected chi connectivity index (χ1v) is 14.5. The van der Waals surface area contributed by atoms with E-state index >= 15 is 0 Å². The Hall–Kier alpha value is -2.91. The number of amides is 1. The molecule has 214 valence electrons. The smallest absolute Gasteiger partial charge is 0.253 e. The number of aromatic nitrogens is 1. The van der Waals surface area contributed by atoms with Crippen LogP contribution in [-0.2, 0) is 6.54 Å². The van der Waals surface area contributed by atoms with Crippen molar-refractivity contribution in [1.29, 1.82) is 0 Å². The molecule has 0 saturated carbocycles. The summed E-state index contributed by atoms with van der Waals surface area (Å²) >= 11 is 12.4. The fourth-order valence-corrected chi connectivity index (χ4v) is 5.78. The number of rotatable bonds is 9. The number of ether oxygens (including phenoxy) is 1. The van der Waals surface area contributed by atoms with E-state index in [0.717, 1.165) is 75.8 Å². The Kier molecular flexibility index (Phi) is 9.75. The predicted octanol–water partition coefficient (Wildman–Crippen LogP) is 5.37. The molecule has 1 N–H and O–H groups in total. The van der Waals surface area contributed by atoms with Crippen LogP contribution < -0.4 is 15.0 Å². The van der Waals surface area contributed by atoms with E-state index in [1.54, 1.807) is 18.3 Å². The van der Waals surface area contributed by atoms with E-state index in [1.165, 1.54) is 6.07 Å². The van der Waals surface area contributed by atoms with Crippen LogP contribution in [0, 0.1) is 5.82 Å². The molecule has 3 heterocycles. The molecule has 10 heteroatoms. The zero-order chi connectivity index (χ0) is 27.9. The molecule has 1 amide bonds. The van der Waals surface area contributed by atoms with E-state index in [-0.39, 0.29) is 18.2 Å². The maximum Gasteiger partial charge on any atom is 0.253 e. The van der Waals surface area contributed by atoms with Crippen LogP contribution in [0.2, 0.25) is 10.0 Å². The number of hydrogen-bond donors (Lipinski definition) is 1. The molecule has 2 fully saturated rings. The van der Waals surface area contributed by atoms with Crippen LogP contribution >= 0.6 is 23.2 Å². The van der Waals surface area contributed by atoms with Crippen molar-refractivity contribution >= 4 is 34.9 Å². The number of nitrogens with one attached hydrogen (secondary N) is 1. The monoisotopic (exact) mass is 587 g/mol. The minimum atomic E-state index is -0.357. The van der Waals surface area contributed by atoms with Gasteiger partial charge in [0.15, 0.2) is 0 Å². The van der Waals surface area contributed by atoms with Gasteiger partial charge in [-0.3, -0.25) is 14.6 Å². The SMILES string of the molecule is O=C(NCCOc1ccccc1)c1cnc(N2CCN(C3CCN(Cc4ccc(Cl)c(F)c4)CC3)CC2)c(Cl)c1.[HH]. The molecule has 0 aliphatic carbocycles. The number of nitrogens with zero attached hydrogens (tertiary/aromatic N) is 4. The number of anilines is 1. The van der Waals surface area contributed by atoms with Crippen molar-refractivity contribution in [1.82, 2.24) is 20.1 Å². The second-order valence-electron chi connectivity index (χ2n) is 10.2. The Labute approximate surface area is 246 Å². The standard InChI is InChI=1S/C30H34Cl2FN5O2.H2/c31-26-7-6-22(18-28(26)33)21-36-11-8-24(9-12-36)37-13-15-38(16-14-37)29-27(32)19-23(20-35-29)30(39)34-10-17-40-25-4-2-1-3-5-25;/h1-7,18-20,24H,8-17,21H2,(H,34,39);1H. The second-order valence-corrected chi connectivity index (χ2v) is 11.0. The van der Waals surface area contributed by atoms with Gasteiger partial charge in [-0.1, -0.05) is 47.5 Å². The third-order valence-corrected chi connectivity index (χ3v) is 8.15. The molecule has 1 aromatic heterocycles. The Bertz CT molecular complexity index is 1290. The van der Waals surface area contributed by atoms with Gasteiger partial charge >= 0.3 is 0 Å². The Morgan fingerprint density at radius 1 is 1.00 bits per heavy atom. The van der Waals surface area contributed by atoms with Crippen LogP contribution in [-0.4, -0.2) is 79.2 Å². The number of pyridine rings is 1. The van der Waals surface area contributed by atoms with Gasteiger partial charge in [0.25, 0.3) is 5.91 Å². The van der Waals surface area contributed by atoms with Crippen LogP contribution in [0.15, 0.2) is 60.8 Å². The van der Waals surface area contributed by atoms with Crippen LogP contribution in [0.25, 0.3) is 0 Å². The molecule has 2 aromatic carbocycles. The van der Waals surface area contributed by atoms with Crippen LogP contribution in [0.4, 0.5) is 10.2 Å². The highest BCUT2D eigenvalue weighted by Gasteiger charge is 2.28. The molecular weight excluding hydrogens is 552 g/mol. The van der Waals surface area contributed by atoms with Crippen LogP contribution in [0.5, 0.6) is 5.75 Å². The lowest BCUT2D eigenvalue weighted by atomic mass is 10.0. The van der Waals surface area contributed by atoms with Crippen molar-refractivity contribution in [3.8, 4) is 5.75 Å². The van der Waals surface area contributed by atoms with E-state index in [2.05, 4.69) is 25.0 Å². The van der Waals surface area contributed by atoms with E-state index in [1.807, 2.05) is 36.4 Å². The van der Waals surface area contributed by atoms with Gasteiger partial charge in [-0.25, -0.2) is 9.37 Å². The average molecular weight is 589 g/mol. The topological polar surface area (TPSA) is 60.9 Å². The van der Waals surface area contributed by atoms with Crippen molar-refractivity contribution in [2.24, 2.45) is 0 Å². The van der Waals surface area contributed by atoms with Crippen LogP contribution in [0.3, 0.4) is 0 Å². The van der Waals surface area contributed by atoms with Crippen molar-refractivity contribution in [3.05, 3.63) is 87.8 Å². The largest absolute Gasteiger partial charge is 0.492 e. The molecule has 40 heavy (non-hydrogen) atoms. The van der Waals surface area contributed by atoms with Gasteiger partial charge in [0.05, 0.1) is 22.2 Å². The minimum Gasteiger partial charge on any atom is -0.492 e. The number of carbonyl (C=O) groups excluding carboxylic acids is 1. The molecule has 0 spiro atoms. The number of benzene rings is 2. The number of likely N-dealkylation sites (tertiary alicyclic amines) is 1. The number of para-hydroxylation sites is 1. The normalized spacial score (nSPS) is 17.1. The van der Waals surface area contributed by atoms with Gasteiger partial charge in [0.2, 0.25) is 0 Å². The molecule has 2 aliphatic rings. The zero-order valence-corrected chi connectivity index (χ0v) is 23.9. The molecule has 0 atom stereocenters. The first kappa shape index (κ1) is 28.6. The lowest BCUT2D eigenvalue weighted by Crippen LogP contribution is -2.53. The highest BCUT2D eigenvalue weighted by atomic mass is 35.5. The van der Waals surface area contributed by atoms with Crippen molar-refractivity contribution in [2.45, 2.75) is 25.4 Å². The fourth-order valence-electron chi connectivity index (χ4n) is 5.38. The van der Waals surface area contributed by atoms with Gasteiger partial charge in [0, 0.05) is 46.4 Å². The molecular formula is C30H36Cl2FN5O2. The van der Waals surface area contributed by atoms with Gasteiger partial charge in [-0.05, 0) is 61.8 Å². The molecule has 2 saturated heterocycles. The van der Waals surface area contributed by atoms with E-state index in [9.17, 15) is 9.18 Å². The molecule has 3 aromatic rings. The zero-order valence-electron chi connectivity index (χ0n) is 22.4. The van der Waals surface area contributed by atoms with Crippen molar-refractivity contribution in [3.63, 3.8) is 0 Å². The molecule has 0 bridgehead atoms. The maximum atomic E-state index is 13.8. The van der Waals surface area contributed by atoms with Crippen molar-refractivity contribution < 1.29 is 15.3 Å². The Morgan fingerprint density at radius 3 is 2.45 bits per heavy atom. The highest BCUT2D eigenvalue weighted by Crippen LogP contribution is 2.27. The Morgan fingerprint density at radius 2 is 1.75 bits per heavy atom. The van der Waals surface area contributed by atoms with Gasteiger partial charge < -0.3 is 15.0 Å². The Balaban J connectivity index is 0.00000387. The summed E-state index contributed by atoms with van der Waals surface area (Å²) in [7, 11) is 0. The molecule has 2 aliphatic heterocycles. The summed E-state index contributed by atoms with van der Waals surface area (Å²) in [5.74, 6) is 0.901.